The van der Waals surface area contributed by atoms with Crippen molar-refractivity contribution < 1.29 is 14.0 Å². The van der Waals surface area contributed by atoms with Gasteiger partial charge in [-0.2, -0.15) is 0 Å². The number of amides is 1. The van der Waals surface area contributed by atoms with Gasteiger partial charge in [0.2, 0.25) is 5.91 Å². The van der Waals surface area contributed by atoms with Crippen molar-refractivity contribution in [2.45, 2.75) is 6.42 Å². The minimum Gasteiger partial charge on any atom is -0.368 e. The van der Waals surface area contributed by atoms with Gasteiger partial charge in [0.15, 0.2) is 0 Å². The first kappa shape index (κ1) is 9.32. The lowest BCUT2D eigenvalue weighted by Crippen LogP contribution is -2.25. The van der Waals surface area contributed by atoms with Crippen LogP contribution in [0.2, 0.25) is 0 Å². The summed E-state index contributed by atoms with van der Waals surface area (Å²) < 4.78 is 11.4. The topological polar surface area (TPSA) is 64.4 Å². The summed E-state index contributed by atoms with van der Waals surface area (Å²) >= 11 is 0. The summed E-state index contributed by atoms with van der Waals surface area (Å²) in [5.74, 6) is -0.548. The van der Waals surface area contributed by atoms with Crippen molar-refractivity contribution in [1.82, 2.24) is 5.48 Å². The van der Waals surface area contributed by atoms with Crippen molar-refractivity contribution in [1.29, 1.82) is 0 Å². The van der Waals surface area contributed by atoms with Crippen molar-refractivity contribution in [2.24, 2.45) is 5.73 Å². The van der Waals surface area contributed by atoms with E-state index in [-0.39, 0.29) is 6.61 Å². The standard InChI is InChI=1S/C5H11FN2O2/c6-2-1-3-8-10-4-5(7)9/h8H,1-4H2,(H2,7,9). The third-order valence-corrected chi connectivity index (χ3v) is 0.729. The highest BCUT2D eigenvalue weighted by atomic mass is 19.1. The van der Waals surface area contributed by atoms with Crippen LogP contribution in [0.25, 0.3) is 0 Å². The summed E-state index contributed by atoms with van der Waals surface area (Å²) in [6, 6.07) is 0. The van der Waals surface area contributed by atoms with Gasteiger partial charge in [-0.25, -0.2) is 5.48 Å². The second-order valence-electron chi connectivity index (χ2n) is 1.69. The van der Waals surface area contributed by atoms with Crippen molar-refractivity contribution in [3.63, 3.8) is 0 Å². The van der Waals surface area contributed by atoms with E-state index >= 15 is 0 Å². The molecule has 0 saturated heterocycles. The quantitative estimate of drug-likeness (QED) is 0.390. The van der Waals surface area contributed by atoms with Crippen LogP contribution in [-0.2, 0) is 9.63 Å². The third kappa shape index (κ3) is 7.32. The smallest absolute Gasteiger partial charge is 0.245 e. The van der Waals surface area contributed by atoms with Gasteiger partial charge in [0.05, 0.1) is 6.67 Å². The summed E-state index contributed by atoms with van der Waals surface area (Å²) in [7, 11) is 0. The molecule has 0 aromatic carbocycles. The molecule has 0 unspecified atom stereocenters. The van der Waals surface area contributed by atoms with Crippen molar-refractivity contribution in [3.8, 4) is 0 Å². The number of hydrogen-bond donors (Lipinski definition) is 2. The van der Waals surface area contributed by atoms with E-state index in [1.807, 2.05) is 0 Å². The number of hydrogen-bond acceptors (Lipinski definition) is 3. The number of carbonyl (C=O) groups is 1. The highest BCUT2D eigenvalue weighted by Gasteiger charge is 1.91. The van der Waals surface area contributed by atoms with Crippen molar-refractivity contribution in [3.05, 3.63) is 0 Å². The average Bonchev–Trinajstić information content (AvgIpc) is 1.87. The first-order valence-corrected chi connectivity index (χ1v) is 2.96. The van der Waals surface area contributed by atoms with Gasteiger partial charge >= 0.3 is 0 Å². The first-order valence-electron chi connectivity index (χ1n) is 2.96. The van der Waals surface area contributed by atoms with Crippen LogP contribution in [0.1, 0.15) is 6.42 Å². The largest absolute Gasteiger partial charge is 0.368 e. The SMILES string of the molecule is NC(=O)CONCCCF. The van der Waals surface area contributed by atoms with Crippen LogP contribution in [0.4, 0.5) is 4.39 Å². The van der Waals surface area contributed by atoms with Gasteiger partial charge in [-0.05, 0) is 6.42 Å². The average molecular weight is 150 g/mol. The number of hydroxylamine groups is 1. The molecule has 10 heavy (non-hydrogen) atoms. The van der Waals surface area contributed by atoms with Crippen LogP contribution in [0.3, 0.4) is 0 Å². The molecule has 0 spiro atoms. The Bertz CT molecular complexity index is 99.6. The monoisotopic (exact) mass is 150 g/mol. The molecule has 0 aliphatic carbocycles. The van der Waals surface area contributed by atoms with E-state index in [0.29, 0.717) is 13.0 Å². The Morgan fingerprint density at radius 1 is 1.70 bits per heavy atom. The molecule has 0 aromatic rings. The fourth-order valence-corrected chi connectivity index (χ4v) is 0.333. The van der Waals surface area contributed by atoms with Crippen LogP contribution in [-0.4, -0.2) is 25.7 Å². The molecule has 3 N–H and O–H groups in total. The molecule has 0 aliphatic rings. The Kier molecular flexibility index (Phi) is 6.00. The second kappa shape index (κ2) is 6.44. The molecule has 4 nitrogen and oxygen atoms in total. The van der Waals surface area contributed by atoms with Gasteiger partial charge < -0.3 is 5.73 Å². The second-order valence-corrected chi connectivity index (χ2v) is 1.69. The van der Waals surface area contributed by atoms with Gasteiger partial charge in [-0.3, -0.25) is 14.0 Å². The fourth-order valence-electron chi connectivity index (χ4n) is 0.333. The zero-order valence-corrected chi connectivity index (χ0v) is 5.60. The molecule has 5 heteroatoms. The lowest BCUT2D eigenvalue weighted by Gasteiger charge is -2.00. The van der Waals surface area contributed by atoms with E-state index in [2.05, 4.69) is 10.3 Å². The number of rotatable bonds is 6. The Hall–Kier alpha value is -0.680. The molecule has 0 atom stereocenters. The number of nitrogens with two attached hydrogens (primary N) is 1. The van der Waals surface area contributed by atoms with Crippen LogP contribution in [0, 0.1) is 0 Å². The van der Waals surface area contributed by atoms with E-state index in [1.165, 1.54) is 0 Å². The van der Waals surface area contributed by atoms with Gasteiger partial charge in [-0.15, -0.1) is 0 Å². The third-order valence-electron chi connectivity index (χ3n) is 0.729. The number of alkyl halides is 1. The summed E-state index contributed by atoms with van der Waals surface area (Å²) in [6.45, 7) is -0.178. The zero-order valence-electron chi connectivity index (χ0n) is 5.60. The van der Waals surface area contributed by atoms with Gasteiger partial charge in [0.1, 0.15) is 6.61 Å². The highest BCUT2D eigenvalue weighted by Crippen LogP contribution is 1.76. The lowest BCUT2D eigenvalue weighted by molar-refractivity contribution is -0.125. The van der Waals surface area contributed by atoms with Crippen LogP contribution < -0.4 is 11.2 Å². The molecule has 0 saturated carbocycles. The maximum Gasteiger partial charge on any atom is 0.245 e. The molecule has 0 bridgehead atoms. The molecule has 0 radical (unpaired) electrons. The van der Waals surface area contributed by atoms with Gasteiger partial charge in [0.25, 0.3) is 0 Å². The molecule has 0 fully saturated rings. The van der Waals surface area contributed by atoms with E-state index < -0.39 is 12.6 Å². The van der Waals surface area contributed by atoms with E-state index in [1.54, 1.807) is 0 Å². The van der Waals surface area contributed by atoms with Gasteiger partial charge in [-0.1, -0.05) is 0 Å². The molecule has 60 valence electrons. The Balaban J connectivity index is 2.84. The molecule has 1 amide bonds. The van der Waals surface area contributed by atoms with Crippen molar-refractivity contribution >= 4 is 5.91 Å². The summed E-state index contributed by atoms with van der Waals surface area (Å²) in [5, 5.41) is 0. The van der Waals surface area contributed by atoms with Crippen molar-refractivity contribution in [2.75, 3.05) is 19.8 Å². The maximum atomic E-state index is 11.4. The molecule has 0 aliphatic heterocycles. The van der Waals surface area contributed by atoms with Crippen LogP contribution in [0.5, 0.6) is 0 Å². The predicted molar refractivity (Wildman–Crippen MR) is 33.7 cm³/mol. The summed E-state index contributed by atoms with van der Waals surface area (Å²) in [5.41, 5.74) is 7.11. The van der Waals surface area contributed by atoms with Crippen LogP contribution >= 0.6 is 0 Å². The normalized spacial score (nSPS) is 9.70. The molecular weight excluding hydrogens is 139 g/mol. The molecular formula is C5H11FN2O2. The van der Waals surface area contributed by atoms with E-state index in [4.69, 9.17) is 5.73 Å². The minimum absolute atomic E-state index is 0.174. The zero-order chi connectivity index (χ0) is 7.82. The van der Waals surface area contributed by atoms with E-state index in [0.717, 1.165) is 0 Å². The maximum absolute atomic E-state index is 11.4. The molecule has 0 rings (SSSR count). The predicted octanol–water partition coefficient (Wildman–Crippen LogP) is -0.648. The Labute approximate surface area is 58.5 Å². The Morgan fingerprint density at radius 3 is 2.90 bits per heavy atom. The minimum atomic E-state index is -0.548. The first-order chi connectivity index (χ1) is 4.77. The lowest BCUT2D eigenvalue weighted by atomic mass is 10.5. The van der Waals surface area contributed by atoms with E-state index in [9.17, 15) is 9.18 Å². The number of primary amides is 1. The number of nitrogens with one attached hydrogen (secondary N) is 1. The molecule has 0 aromatic heterocycles. The summed E-state index contributed by atoms with van der Waals surface area (Å²) in [4.78, 5) is 14.5. The van der Waals surface area contributed by atoms with Crippen LogP contribution in [0.15, 0.2) is 0 Å². The highest BCUT2D eigenvalue weighted by molar-refractivity contribution is 5.74. The number of halogens is 1. The molecule has 0 heterocycles. The van der Waals surface area contributed by atoms with Gasteiger partial charge in [0, 0.05) is 6.54 Å². The Morgan fingerprint density at radius 2 is 2.40 bits per heavy atom. The fraction of sp³-hybridized carbons (Fsp3) is 0.800. The number of carbonyl (C=O) groups excluding carboxylic acids is 1. The summed E-state index contributed by atoms with van der Waals surface area (Å²) in [6.07, 6.45) is 0.374.